The number of amides is 1. The summed E-state index contributed by atoms with van der Waals surface area (Å²) in [7, 11) is 0. The van der Waals surface area contributed by atoms with Gasteiger partial charge in [-0.25, -0.2) is 0 Å². The number of hydrogen-bond donors (Lipinski definition) is 1. The molecule has 136 valence electrons. The highest BCUT2D eigenvalue weighted by Gasteiger charge is 2.29. The zero-order chi connectivity index (χ0) is 19.5. The topological polar surface area (TPSA) is 96.0 Å². The summed E-state index contributed by atoms with van der Waals surface area (Å²) in [4.78, 5) is 25.2. The minimum Gasteiger partial charge on any atom is -0.360 e. The fourth-order valence-electron chi connectivity index (χ4n) is 2.55. The molecule has 0 bridgehead atoms. The van der Waals surface area contributed by atoms with E-state index < -0.39 is 5.92 Å². The van der Waals surface area contributed by atoms with E-state index in [9.17, 15) is 9.59 Å². The van der Waals surface area contributed by atoms with Gasteiger partial charge in [-0.05, 0) is 19.1 Å². The maximum Gasteiger partial charge on any atom is 0.256 e. The van der Waals surface area contributed by atoms with Crippen molar-refractivity contribution in [3.8, 4) is 6.07 Å². The molecule has 1 amide bonds. The first-order valence-corrected chi connectivity index (χ1v) is 8.45. The fourth-order valence-corrected chi connectivity index (χ4v) is 2.55. The summed E-state index contributed by atoms with van der Waals surface area (Å²) in [6, 6.07) is 8.11. The number of aromatic nitrogens is 1. The van der Waals surface area contributed by atoms with Crippen LogP contribution in [0.25, 0.3) is 0 Å². The van der Waals surface area contributed by atoms with E-state index >= 15 is 0 Å². The van der Waals surface area contributed by atoms with Gasteiger partial charge in [0, 0.05) is 22.9 Å². The van der Waals surface area contributed by atoms with Crippen molar-refractivity contribution in [1.29, 1.82) is 5.26 Å². The summed E-state index contributed by atoms with van der Waals surface area (Å²) >= 11 is 0. The molecular formula is C20H23N3O3. The van der Waals surface area contributed by atoms with Crippen LogP contribution in [0.3, 0.4) is 0 Å². The summed E-state index contributed by atoms with van der Waals surface area (Å²) in [6.07, 6.45) is 1.40. The third-order valence-corrected chi connectivity index (χ3v) is 4.32. The van der Waals surface area contributed by atoms with Gasteiger partial charge in [-0.3, -0.25) is 9.59 Å². The van der Waals surface area contributed by atoms with Crippen molar-refractivity contribution >= 4 is 11.7 Å². The van der Waals surface area contributed by atoms with Gasteiger partial charge in [-0.1, -0.05) is 45.0 Å². The molecule has 6 nitrogen and oxygen atoms in total. The van der Waals surface area contributed by atoms with Crippen molar-refractivity contribution in [2.45, 2.75) is 46.1 Å². The van der Waals surface area contributed by atoms with Gasteiger partial charge in [0.15, 0.2) is 11.5 Å². The fraction of sp³-hybridized carbons (Fsp3) is 0.400. The summed E-state index contributed by atoms with van der Waals surface area (Å²) in [5.41, 5.74) is 1.04. The molecule has 1 heterocycles. The van der Waals surface area contributed by atoms with Gasteiger partial charge in [-0.15, -0.1) is 0 Å². The molecule has 0 aliphatic rings. The zero-order valence-electron chi connectivity index (χ0n) is 15.7. The van der Waals surface area contributed by atoms with Crippen molar-refractivity contribution < 1.29 is 14.1 Å². The Kier molecular flexibility index (Phi) is 5.61. The molecule has 1 aromatic carbocycles. The third-order valence-electron chi connectivity index (χ3n) is 4.32. The second-order valence-electron chi connectivity index (χ2n) is 7.42. The van der Waals surface area contributed by atoms with E-state index in [-0.39, 0.29) is 23.1 Å². The standard InChI is InChI=1S/C20H23N3O3/c1-12(17(24)15-8-6-14(10-21)7-9-15)13(2)23-19(25)16-11-22-26-18(16)20(3,4)5/h6-9,11-13H,1-5H3,(H,23,25). The molecular weight excluding hydrogens is 330 g/mol. The molecule has 6 heteroatoms. The van der Waals surface area contributed by atoms with E-state index in [0.717, 1.165) is 0 Å². The number of nitriles is 1. The van der Waals surface area contributed by atoms with Gasteiger partial charge in [-0.2, -0.15) is 5.26 Å². The van der Waals surface area contributed by atoms with E-state index in [1.54, 1.807) is 38.1 Å². The van der Waals surface area contributed by atoms with Crippen LogP contribution in [0.5, 0.6) is 0 Å². The Hall–Kier alpha value is -2.94. The molecule has 2 aromatic rings. The van der Waals surface area contributed by atoms with Crippen LogP contribution in [0, 0.1) is 17.2 Å². The average Bonchev–Trinajstić information content (AvgIpc) is 3.10. The lowest BCUT2D eigenvalue weighted by molar-refractivity contribution is 0.0867. The Balaban J connectivity index is 2.10. The van der Waals surface area contributed by atoms with Crippen LogP contribution in [0.2, 0.25) is 0 Å². The van der Waals surface area contributed by atoms with E-state index in [2.05, 4.69) is 10.5 Å². The maximum absolute atomic E-state index is 12.6. The average molecular weight is 353 g/mol. The second kappa shape index (κ2) is 7.52. The molecule has 0 aliphatic heterocycles. The first kappa shape index (κ1) is 19.4. The molecule has 1 N–H and O–H groups in total. The summed E-state index contributed by atoms with van der Waals surface area (Å²) < 4.78 is 5.23. The Bertz CT molecular complexity index is 838. The van der Waals surface area contributed by atoms with Gasteiger partial charge in [0.2, 0.25) is 0 Å². The van der Waals surface area contributed by atoms with Crippen LogP contribution in [0.15, 0.2) is 35.0 Å². The molecule has 0 saturated carbocycles. The van der Waals surface area contributed by atoms with Crippen molar-refractivity contribution in [3.63, 3.8) is 0 Å². The van der Waals surface area contributed by atoms with Gasteiger partial charge < -0.3 is 9.84 Å². The molecule has 1 aromatic heterocycles. The zero-order valence-corrected chi connectivity index (χ0v) is 15.7. The normalized spacial score (nSPS) is 13.5. The molecule has 0 saturated heterocycles. The first-order chi connectivity index (χ1) is 12.1. The van der Waals surface area contributed by atoms with Crippen molar-refractivity contribution in [2.75, 3.05) is 0 Å². The molecule has 0 aliphatic carbocycles. The highest BCUT2D eigenvalue weighted by atomic mass is 16.5. The molecule has 26 heavy (non-hydrogen) atoms. The Morgan fingerprint density at radius 3 is 2.35 bits per heavy atom. The molecule has 2 atom stereocenters. The number of carbonyl (C=O) groups is 2. The van der Waals surface area contributed by atoms with Crippen LogP contribution in [0.1, 0.15) is 66.7 Å². The van der Waals surface area contributed by atoms with E-state index in [1.165, 1.54) is 6.20 Å². The maximum atomic E-state index is 12.6. The largest absolute Gasteiger partial charge is 0.360 e. The van der Waals surface area contributed by atoms with Gasteiger partial charge in [0.25, 0.3) is 5.91 Å². The van der Waals surface area contributed by atoms with Crippen molar-refractivity contribution in [2.24, 2.45) is 5.92 Å². The lowest BCUT2D eigenvalue weighted by atomic mass is 9.89. The lowest BCUT2D eigenvalue weighted by Crippen LogP contribution is -2.40. The Labute approximate surface area is 153 Å². The summed E-state index contributed by atoms with van der Waals surface area (Å²) in [5, 5.41) is 15.4. The van der Waals surface area contributed by atoms with E-state index in [1.807, 2.05) is 26.8 Å². The van der Waals surface area contributed by atoms with Gasteiger partial charge in [0.05, 0.1) is 17.8 Å². The van der Waals surface area contributed by atoms with Crippen LogP contribution >= 0.6 is 0 Å². The number of carbonyl (C=O) groups excluding carboxylic acids is 2. The number of nitrogens with zero attached hydrogens (tertiary/aromatic N) is 2. The molecule has 2 rings (SSSR count). The van der Waals surface area contributed by atoms with Gasteiger partial charge in [0.1, 0.15) is 5.56 Å². The van der Waals surface area contributed by atoms with Crippen LogP contribution in [-0.2, 0) is 5.41 Å². The van der Waals surface area contributed by atoms with Crippen molar-refractivity contribution in [1.82, 2.24) is 10.5 Å². The molecule has 2 unspecified atom stereocenters. The van der Waals surface area contributed by atoms with E-state index in [4.69, 9.17) is 9.78 Å². The first-order valence-electron chi connectivity index (χ1n) is 8.45. The number of Topliss-reactive ketones (excluding diaryl/α,β-unsaturated/α-hetero) is 1. The Morgan fingerprint density at radius 2 is 1.81 bits per heavy atom. The minimum absolute atomic E-state index is 0.0938. The monoisotopic (exact) mass is 353 g/mol. The quantitative estimate of drug-likeness (QED) is 0.830. The Morgan fingerprint density at radius 1 is 1.19 bits per heavy atom. The van der Waals surface area contributed by atoms with E-state index in [0.29, 0.717) is 22.5 Å². The molecule has 0 spiro atoms. The predicted molar refractivity (Wildman–Crippen MR) is 96.8 cm³/mol. The van der Waals surface area contributed by atoms with Crippen LogP contribution in [0.4, 0.5) is 0 Å². The molecule has 0 radical (unpaired) electrons. The number of nitrogens with one attached hydrogen (secondary N) is 1. The van der Waals surface area contributed by atoms with Crippen LogP contribution < -0.4 is 5.32 Å². The van der Waals surface area contributed by atoms with Crippen molar-refractivity contribution in [3.05, 3.63) is 52.9 Å². The smallest absolute Gasteiger partial charge is 0.256 e. The SMILES string of the molecule is CC(NC(=O)c1cnoc1C(C)(C)C)C(C)C(=O)c1ccc(C#N)cc1. The van der Waals surface area contributed by atoms with Crippen LogP contribution in [-0.4, -0.2) is 22.9 Å². The second-order valence-corrected chi connectivity index (χ2v) is 7.42. The predicted octanol–water partition coefficient (Wildman–Crippen LogP) is 3.48. The lowest BCUT2D eigenvalue weighted by Gasteiger charge is -2.21. The minimum atomic E-state index is -0.426. The number of rotatable bonds is 5. The number of benzene rings is 1. The summed E-state index contributed by atoms with van der Waals surface area (Å²) in [5.74, 6) is -0.329. The highest BCUT2D eigenvalue weighted by Crippen LogP contribution is 2.25. The number of hydrogen-bond acceptors (Lipinski definition) is 5. The highest BCUT2D eigenvalue weighted by molar-refractivity contribution is 5.99. The number of ketones is 1. The molecule has 0 fully saturated rings. The summed E-state index contributed by atoms with van der Waals surface area (Å²) in [6.45, 7) is 9.36. The van der Waals surface area contributed by atoms with Gasteiger partial charge >= 0.3 is 0 Å². The third kappa shape index (κ3) is 4.17.